The molecule has 140 valence electrons. The molecule has 4 heterocycles. The Kier molecular flexibility index (Phi) is 4.49. The fourth-order valence-electron chi connectivity index (χ4n) is 3.01. The Morgan fingerprint density at radius 2 is 2.07 bits per heavy atom. The third kappa shape index (κ3) is 3.07. The zero-order chi connectivity index (χ0) is 19.7. The maximum Gasteiger partial charge on any atom is 0.299 e. The van der Waals surface area contributed by atoms with Crippen LogP contribution >= 0.6 is 0 Å². The largest absolute Gasteiger partial charge is 0.299 e. The number of aryl methyl sites for hydroxylation is 1. The number of rotatable bonds is 5. The summed E-state index contributed by atoms with van der Waals surface area (Å²) in [4.78, 5) is 12.6. The van der Waals surface area contributed by atoms with Crippen molar-refractivity contribution in [3.63, 3.8) is 0 Å². The van der Waals surface area contributed by atoms with Gasteiger partial charge in [0, 0.05) is 18.2 Å². The molecule has 0 N–H and O–H groups in total. The van der Waals surface area contributed by atoms with Crippen LogP contribution in [0.3, 0.4) is 0 Å². The molecule has 0 saturated carbocycles. The predicted molar refractivity (Wildman–Crippen MR) is 94.0 cm³/mol. The van der Waals surface area contributed by atoms with E-state index in [-0.39, 0.29) is 5.69 Å². The molecule has 0 saturated heterocycles. The van der Waals surface area contributed by atoms with Gasteiger partial charge in [-0.3, -0.25) is 0 Å². The van der Waals surface area contributed by atoms with Gasteiger partial charge in [-0.05, 0) is 24.6 Å². The molecule has 0 radical (unpaired) electrons. The van der Waals surface area contributed by atoms with Crippen molar-refractivity contribution in [2.45, 2.75) is 26.2 Å². The Labute approximate surface area is 158 Å². The molecule has 4 aromatic heterocycles. The lowest BCUT2D eigenvalue weighted by Crippen LogP contribution is -2.09. The van der Waals surface area contributed by atoms with Gasteiger partial charge in [0.2, 0.25) is 5.82 Å². The zero-order valence-corrected chi connectivity index (χ0v) is 14.8. The van der Waals surface area contributed by atoms with Crippen molar-refractivity contribution < 1.29 is 8.78 Å². The number of fused-ring (bicyclic) bond motifs is 1. The summed E-state index contributed by atoms with van der Waals surface area (Å²) in [7, 11) is 0. The van der Waals surface area contributed by atoms with E-state index in [1.165, 1.54) is 10.8 Å². The van der Waals surface area contributed by atoms with Gasteiger partial charge in [-0.1, -0.05) is 13.0 Å². The first kappa shape index (κ1) is 17.7. The molecule has 0 amide bonds. The fraction of sp³-hybridized carbons (Fsp3) is 0.222. The fourth-order valence-corrected chi connectivity index (χ4v) is 3.01. The lowest BCUT2D eigenvalue weighted by molar-refractivity contribution is 0.140. The van der Waals surface area contributed by atoms with E-state index in [1.54, 1.807) is 29.1 Å². The van der Waals surface area contributed by atoms with E-state index in [9.17, 15) is 8.78 Å². The maximum atomic E-state index is 12.9. The Bertz CT molecular complexity index is 1190. The quantitative estimate of drug-likeness (QED) is 0.528. The molecule has 0 fully saturated rings. The number of alkyl halides is 2. The topological polar surface area (TPSA) is 97.6 Å². The highest BCUT2D eigenvalue weighted by atomic mass is 19.3. The van der Waals surface area contributed by atoms with Crippen LogP contribution in [0.1, 0.15) is 41.8 Å². The minimum atomic E-state index is -2.74. The molecule has 0 bridgehead atoms. The Hall–Kier alpha value is -3.74. The van der Waals surface area contributed by atoms with Gasteiger partial charge in [0.1, 0.15) is 18.1 Å². The molecular weight excluding hydrogens is 366 g/mol. The minimum Gasteiger partial charge on any atom is -0.240 e. The molecule has 4 aromatic rings. The second-order valence-corrected chi connectivity index (χ2v) is 5.97. The molecule has 4 rings (SSSR count). The Morgan fingerprint density at radius 1 is 1.21 bits per heavy atom. The number of halogens is 2. The molecule has 28 heavy (non-hydrogen) atoms. The summed E-state index contributed by atoms with van der Waals surface area (Å²) in [5, 5.41) is 17.1. The first-order valence-corrected chi connectivity index (χ1v) is 8.52. The van der Waals surface area contributed by atoms with Crippen LogP contribution in [-0.4, -0.2) is 34.3 Å². The molecule has 8 nitrogen and oxygen atoms in total. The van der Waals surface area contributed by atoms with Crippen molar-refractivity contribution in [2.75, 3.05) is 0 Å². The van der Waals surface area contributed by atoms with Gasteiger partial charge in [0.25, 0.3) is 6.43 Å². The van der Waals surface area contributed by atoms with Crippen LogP contribution in [-0.2, 0) is 12.8 Å². The average molecular weight is 380 g/mol. The van der Waals surface area contributed by atoms with Crippen LogP contribution in [0, 0.1) is 11.3 Å². The van der Waals surface area contributed by atoms with Crippen molar-refractivity contribution in [3.8, 4) is 11.9 Å². The van der Waals surface area contributed by atoms with E-state index in [2.05, 4.69) is 25.1 Å². The maximum absolute atomic E-state index is 12.9. The van der Waals surface area contributed by atoms with Crippen molar-refractivity contribution in [2.24, 2.45) is 0 Å². The SMILES string of the molecule is CCc1c(Cc2ccnn2-c2cccc(C#N)n2)ncn2nc(C(F)F)nc12. The van der Waals surface area contributed by atoms with Crippen LogP contribution < -0.4 is 0 Å². The third-order valence-electron chi connectivity index (χ3n) is 4.27. The highest BCUT2D eigenvalue weighted by molar-refractivity contribution is 5.50. The Balaban J connectivity index is 1.75. The van der Waals surface area contributed by atoms with Crippen LogP contribution in [0.4, 0.5) is 8.78 Å². The highest BCUT2D eigenvalue weighted by Gasteiger charge is 2.19. The van der Waals surface area contributed by atoms with Gasteiger partial charge in [0.15, 0.2) is 11.5 Å². The molecule has 0 atom stereocenters. The standard InChI is InChI=1S/C18H14F2N8/c1-2-13-14(22-10-27-18(13)25-17(26-27)16(19)20)8-12-6-7-23-28(12)15-5-3-4-11(9-21)24-15/h3-7,10,16H,2,8H2,1H3. The molecule has 0 spiro atoms. The number of hydrogen-bond donors (Lipinski definition) is 0. The summed E-state index contributed by atoms with van der Waals surface area (Å²) in [6.07, 6.45) is 1.23. The molecule has 10 heteroatoms. The summed E-state index contributed by atoms with van der Waals surface area (Å²) < 4.78 is 28.8. The summed E-state index contributed by atoms with van der Waals surface area (Å²) in [5.74, 6) is -0.00292. The van der Waals surface area contributed by atoms with Gasteiger partial charge in [0.05, 0.1) is 11.4 Å². The summed E-state index contributed by atoms with van der Waals surface area (Å²) in [6.45, 7) is 1.91. The summed E-state index contributed by atoms with van der Waals surface area (Å²) >= 11 is 0. The first-order valence-electron chi connectivity index (χ1n) is 8.52. The summed E-state index contributed by atoms with van der Waals surface area (Å²) in [6, 6.07) is 8.92. The lowest BCUT2D eigenvalue weighted by atomic mass is 10.1. The van der Waals surface area contributed by atoms with E-state index in [1.807, 2.05) is 19.1 Å². The second-order valence-electron chi connectivity index (χ2n) is 5.97. The number of aromatic nitrogens is 7. The number of pyridine rings is 1. The van der Waals surface area contributed by atoms with Gasteiger partial charge in [-0.15, -0.1) is 5.10 Å². The normalized spacial score (nSPS) is 11.2. The van der Waals surface area contributed by atoms with E-state index < -0.39 is 12.2 Å². The van der Waals surface area contributed by atoms with Crippen LogP contribution in [0.15, 0.2) is 36.8 Å². The predicted octanol–water partition coefficient (Wildman–Crippen LogP) is 2.67. The monoisotopic (exact) mass is 380 g/mol. The minimum absolute atomic E-state index is 0.288. The van der Waals surface area contributed by atoms with Crippen LogP contribution in [0.5, 0.6) is 0 Å². The van der Waals surface area contributed by atoms with Crippen LogP contribution in [0.25, 0.3) is 11.5 Å². The first-order chi connectivity index (χ1) is 13.6. The van der Waals surface area contributed by atoms with Crippen molar-refractivity contribution in [3.05, 3.63) is 65.3 Å². The molecule has 0 aliphatic heterocycles. The van der Waals surface area contributed by atoms with Crippen LogP contribution in [0.2, 0.25) is 0 Å². The van der Waals surface area contributed by atoms with E-state index >= 15 is 0 Å². The van der Waals surface area contributed by atoms with Crippen molar-refractivity contribution >= 4 is 5.65 Å². The van der Waals surface area contributed by atoms with Crippen molar-refractivity contribution in [1.29, 1.82) is 5.26 Å². The molecule has 0 unspecified atom stereocenters. The van der Waals surface area contributed by atoms with E-state index in [0.29, 0.717) is 30.0 Å². The number of hydrogen-bond acceptors (Lipinski definition) is 6. The van der Waals surface area contributed by atoms with Gasteiger partial charge in [-0.25, -0.2) is 32.9 Å². The summed E-state index contributed by atoms with van der Waals surface area (Å²) in [5.41, 5.74) is 2.90. The van der Waals surface area contributed by atoms with Gasteiger partial charge >= 0.3 is 0 Å². The molecule has 0 aliphatic rings. The van der Waals surface area contributed by atoms with Crippen molar-refractivity contribution in [1.82, 2.24) is 34.3 Å². The number of nitrogens with zero attached hydrogens (tertiary/aromatic N) is 8. The lowest BCUT2D eigenvalue weighted by Gasteiger charge is -2.10. The second kappa shape index (κ2) is 7.11. The molecule has 0 aliphatic carbocycles. The zero-order valence-electron chi connectivity index (χ0n) is 14.8. The Morgan fingerprint density at radius 3 is 2.82 bits per heavy atom. The highest BCUT2D eigenvalue weighted by Crippen LogP contribution is 2.21. The number of nitriles is 1. The molecule has 0 aromatic carbocycles. The average Bonchev–Trinajstić information content (AvgIpc) is 3.35. The van der Waals surface area contributed by atoms with E-state index in [4.69, 9.17) is 5.26 Å². The smallest absolute Gasteiger partial charge is 0.240 e. The third-order valence-corrected chi connectivity index (χ3v) is 4.27. The van der Waals surface area contributed by atoms with Gasteiger partial charge in [-0.2, -0.15) is 10.4 Å². The molecular formula is C18H14F2N8. The van der Waals surface area contributed by atoms with E-state index in [0.717, 1.165) is 11.3 Å². The van der Waals surface area contributed by atoms with Gasteiger partial charge < -0.3 is 0 Å².